The van der Waals surface area contributed by atoms with Crippen LogP contribution in [0.2, 0.25) is 0 Å². The first-order valence-corrected chi connectivity index (χ1v) is 12.9. The van der Waals surface area contributed by atoms with Crippen LogP contribution >= 0.6 is 0 Å². The van der Waals surface area contributed by atoms with Gasteiger partial charge in [-0.1, -0.05) is 51.6 Å². The Morgan fingerprint density at radius 1 is 1.11 bits per heavy atom. The lowest BCUT2D eigenvalue weighted by Gasteiger charge is -2.31. The molecule has 0 saturated heterocycles. The van der Waals surface area contributed by atoms with E-state index in [1.165, 1.54) is 5.56 Å². The molecule has 0 aromatic heterocycles. The second-order valence-electron chi connectivity index (χ2n) is 9.25. The third kappa shape index (κ3) is 7.22. The molecule has 196 valence electrons. The number of anilines is 2. The number of methoxy groups -OCH3 is 1. The fraction of sp³-hybridized carbons (Fsp3) is 0.419. The normalized spacial score (nSPS) is 13.5. The fourth-order valence-corrected chi connectivity index (χ4v) is 4.36. The second-order valence-corrected chi connectivity index (χ2v) is 9.25. The first-order chi connectivity index (χ1) is 17.3. The maximum absolute atomic E-state index is 13.5. The van der Waals surface area contributed by atoms with Crippen molar-refractivity contribution in [1.29, 1.82) is 0 Å². The summed E-state index contributed by atoms with van der Waals surface area (Å²) in [5.74, 6) is 0.0834. The number of nitrogens with one attached hydrogen (secondary N) is 1. The predicted octanol–water partition coefficient (Wildman–Crippen LogP) is 8.62. The number of halogens is 2. The van der Waals surface area contributed by atoms with Gasteiger partial charge in [0, 0.05) is 48.2 Å². The largest absolute Gasteiger partial charge is 0.496 e. The summed E-state index contributed by atoms with van der Waals surface area (Å²) in [6.45, 7) is 16.0. The zero-order chi connectivity index (χ0) is 26.7. The molecule has 0 saturated carbocycles. The van der Waals surface area contributed by atoms with E-state index in [1.807, 2.05) is 6.07 Å². The first kappa shape index (κ1) is 29.2. The average Bonchev–Trinajstić information content (AvgIpc) is 2.89. The van der Waals surface area contributed by atoms with Gasteiger partial charge in [-0.25, -0.2) is 8.78 Å². The van der Waals surface area contributed by atoms with Gasteiger partial charge < -0.3 is 15.0 Å². The second kappa shape index (κ2) is 13.9. The zero-order valence-corrected chi connectivity index (χ0v) is 22.8. The average molecular weight is 497 g/mol. The molecule has 1 N–H and O–H groups in total. The number of hydrogen-bond donors (Lipinski definition) is 1. The molecule has 0 aliphatic rings. The molecule has 1 unspecified atom stereocenters. The quantitative estimate of drug-likeness (QED) is 0.265. The van der Waals surface area contributed by atoms with Gasteiger partial charge in [0.1, 0.15) is 11.6 Å². The van der Waals surface area contributed by atoms with Crippen LogP contribution in [0.1, 0.15) is 64.2 Å². The summed E-state index contributed by atoms with van der Waals surface area (Å²) in [5, 5.41) is 3.23. The van der Waals surface area contributed by atoms with Crippen LogP contribution < -0.4 is 15.0 Å². The van der Waals surface area contributed by atoms with Crippen LogP contribution in [0.4, 0.5) is 20.2 Å². The van der Waals surface area contributed by atoms with Crippen LogP contribution in [0.15, 0.2) is 66.8 Å². The van der Waals surface area contributed by atoms with Gasteiger partial charge in [-0.15, -0.1) is 0 Å². The minimum absolute atomic E-state index is 0.0377. The lowest BCUT2D eigenvalue weighted by Crippen LogP contribution is -2.23. The number of benzene rings is 2. The summed E-state index contributed by atoms with van der Waals surface area (Å²) >= 11 is 0. The van der Waals surface area contributed by atoms with E-state index < -0.39 is 5.83 Å². The Labute approximate surface area is 216 Å². The van der Waals surface area contributed by atoms with Crippen LogP contribution in [0, 0.1) is 0 Å². The maximum atomic E-state index is 13.5. The van der Waals surface area contributed by atoms with Gasteiger partial charge in [0.2, 0.25) is 0 Å². The minimum atomic E-state index is -0.765. The molecule has 2 aromatic carbocycles. The molecule has 0 radical (unpaired) electrons. The molecule has 36 heavy (non-hydrogen) atoms. The molecule has 0 spiro atoms. The molecule has 0 aliphatic heterocycles. The van der Waals surface area contributed by atoms with Gasteiger partial charge in [0.25, 0.3) is 0 Å². The Kier molecular flexibility index (Phi) is 11.2. The molecule has 0 heterocycles. The molecular formula is C31H42F2N2O. The molecule has 3 nitrogen and oxygen atoms in total. The van der Waals surface area contributed by atoms with Gasteiger partial charge in [-0.2, -0.15) is 0 Å². The molecule has 2 aromatic rings. The third-order valence-corrected chi connectivity index (χ3v) is 7.08. The van der Waals surface area contributed by atoms with Crippen LogP contribution in [0.25, 0.3) is 6.08 Å². The molecule has 2 rings (SSSR count). The van der Waals surface area contributed by atoms with E-state index >= 15 is 0 Å². The number of ether oxygens (including phenoxy) is 1. The Bertz CT molecular complexity index is 1070. The van der Waals surface area contributed by atoms with Crippen molar-refractivity contribution in [2.45, 2.75) is 59.3 Å². The number of nitrogens with zero attached hydrogens (tertiary/aromatic N) is 1. The smallest absolute Gasteiger partial charge is 0.128 e. The van der Waals surface area contributed by atoms with E-state index in [0.717, 1.165) is 60.6 Å². The number of aryl methyl sites for hydroxylation is 1. The van der Waals surface area contributed by atoms with E-state index in [-0.39, 0.29) is 23.9 Å². The highest BCUT2D eigenvalue weighted by atomic mass is 19.1. The van der Waals surface area contributed by atoms with Crippen molar-refractivity contribution in [3.8, 4) is 5.75 Å². The van der Waals surface area contributed by atoms with E-state index in [2.05, 4.69) is 93.9 Å². The summed E-state index contributed by atoms with van der Waals surface area (Å²) in [5.41, 5.74) is 5.17. The van der Waals surface area contributed by atoms with Crippen molar-refractivity contribution < 1.29 is 13.5 Å². The summed E-state index contributed by atoms with van der Waals surface area (Å²) in [6.07, 6.45) is 7.20. The highest BCUT2D eigenvalue weighted by molar-refractivity contribution is 5.64. The van der Waals surface area contributed by atoms with Crippen molar-refractivity contribution in [3.05, 3.63) is 83.5 Å². The summed E-state index contributed by atoms with van der Waals surface area (Å²) in [7, 11) is 1.70. The summed E-state index contributed by atoms with van der Waals surface area (Å²) in [6, 6.07) is 12.6. The molecule has 5 heteroatoms. The lowest BCUT2D eigenvalue weighted by atomic mass is 9.75. The number of rotatable bonds is 14. The number of hydrogen-bond acceptors (Lipinski definition) is 3. The van der Waals surface area contributed by atoms with E-state index in [0.29, 0.717) is 0 Å². The highest BCUT2D eigenvalue weighted by Crippen LogP contribution is 2.38. The van der Waals surface area contributed by atoms with E-state index in [1.54, 1.807) is 7.11 Å². The molecule has 0 bridgehead atoms. The van der Waals surface area contributed by atoms with Crippen LogP contribution in [-0.2, 0) is 11.8 Å². The van der Waals surface area contributed by atoms with Gasteiger partial charge in [0.05, 0.1) is 13.4 Å². The Hall–Kier alpha value is -3.08. The standard InChI is InChI=1S/C31H42F2N2O/c1-8-24-14-17-29(34-22-26(21-32)23(5)33)28(19-24)31(6,9-2)18-12-13-25-15-16-27(20-30(25)36-7)35(10-3)11-4/h12-17,19-21,34H,5,8-11,18,22H2,1-4,6-7H3/b13-12+,26-21+. The van der Waals surface area contributed by atoms with Crippen molar-refractivity contribution in [2.24, 2.45) is 0 Å². The predicted molar refractivity (Wildman–Crippen MR) is 152 cm³/mol. The Balaban J connectivity index is 2.35. The van der Waals surface area contributed by atoms with Crippen molar-refractivity contribution >= 4 is 17.5 Å². The highest BCUT2D eigenvalue weighted by Gasteiger charge is 2.26. The SMILES string of the molecule is C=C(F)/C(=C/F)CNc1ccc(CC)cc1C(C)(CC)C/C=C/c1ccc(N(CC)CC)cc1OC. The lowest BCUT2D eigenvalue weighted by molar-refractivity contribution is 0.413. The van der Waals surface area contributed by atoms with Crippen molar-refractivity contribution in [3.63, 3.8) is 0 Å². The number of allylic oxidation sites excluding steroid dienone is 1. The maximum Gasteiger partial charge on any atom is 0.128 e. The third-order valence-electron chi connectivity index (χ3n) is 7.08. The van der Waals surface area contributed by atoms with Gasteiger partial charge >= 0.3 is 0 Å². The van der Waals surface area contributed by atoms with Gasteiger partial charge in [-0.05, 0) is 67.9 Å². The Morgan fingerprint density at radius 2 is 1.83 bits per heavy atom. The van der Waals surface area contributed by atoms with Gasteiger partial charge in [0.15, 0.2) is 0 Å². The minimum Gasteiger partial charge on any atom is -0.496 e. The molecule has 0 fully saturated rings. The summed E-state index contributed by atoms with van der Waals surface area (Å²) < 4.78 is 32.3. The summed E-state index contributed by atoms with van der Waals surface area (Å²) in [4.78, 5) is 2.29. The van der Waals surface area contributed by atoms with Crippen LogP contribution in [-0.4, -0.2) is 26.7 Å². The monoisotopic (exact) mass is 496 g/mol. The van der Waals surface area contributed by atoms with Gasteiger partial charge in [-0.3, -0.25) is 0 Å². The first-order valence-electron chi connectivity index (χ1n) is 12.9. The van der Waals surface area contributed by atoms with E-state index in [9.17, 15) is 8.78 Å². The topological polar surface area (TPSA) is 24.5 Å². The Morgan fingerprint density at radius 3 is 2.39 bits per heavy atom. The van der Waals surface area contributed by atoms with Crippen molar-refractivity contribution in [1.82, 2.24) is 0 Å². The molecular weight excluding hydrogens is 454 g/mol. The van der Waals surface area contributed by atoms with Crippen LogP contribution in [0.5, 0.6) is 5.75 Å². The van der Waals surface area contributed by atoms with Crippen molar-refractivity contribution in [2.75, 3.05) is 37.0 Å². The zero-order valence-electron chi connectivity index (χ0n) is 22.8. The van der Waals surface area contributed by atoms with E-state index in [4.69, 9.17) is 4.74 Å². The molecule has 0 amide bonds. The van der Waals surface area contributed by atoms with Crippen LogP contribution in [0.3, 0.4) is 0 Å². The fourth-order valence-electron chi connectivity index (χ4n) is 4.36. The molecule has 1 atom stereocenters. The molecule has 0 aliphatic carbocycles.